The van der Waals surface area contributed by atoms with Gasteiger partial charge in [0.05, 0.1) is 6.54 Å². The van der Waals surface area contributed by atoms with Gasteiger partial charge in [0.15, 0.2) is 0 Å². The minimum Gasteiger partial charge on any atom is -0.321 e. The third-order valence-electron chi connectivity index (χ3n) is 2.55. The summed E-state index contributed by atoms with van der Waals surface area (Å²) in [5.74, 6) is 0.650. The minimum atomic E-state index is -0.230. The summed E-state index contributed by atoms with van der Waals surface area (Å²) in [6.45, 7) is 0.768. The first-order chi connectivity index (χ1) is 5.33. The lowest BCUT2D eigenvalue weighted by Gasteiger charge is -2.17. The number of hydrogen-bond donors (Lipinski definition) is 0. The maximum absolute atomic E-state index is 11.3. The summed E-state index contributed by atoms with van der Waals surface area (Å²) in [5, 5.41) is 0. The van der Waals surface area contributed by atoms with E-state index in [-0.39, 0.29) is 11.4 Å². The number of rotatable bonds is 0. The Morgan fingerprint density at radius 1 is 1.55 bits per heavy atom. The van der Waals surface area contributed by atoms with Crippen LogP contribution in [0.1, 0.15) is 12.8 Å². The molecule has 1 aliphatic carbocycles. The summed E-state index contributed by atoms with van der Waals surface area (Å²) < 4.78 is 0. The van der Waals surface area contributed by atoms with Gasteiger partial charge < -0.3 is 4.90 Å². The van der Waals surface area contributed by atoms with Crippen molar-refractivity contribution in [2.45, 2.75) is 18.4 Å². The molecule has 0 aromatic heterocycles. The van der Waals surface area contributed by atoms with Crippen LogP contribution in [-0.2, 0) is 4.79 Å². The van der Waals surface area contributed by atoms with Crippen molar-refractivity contribution in [2.24, 2.45) is 9.98 Å². The van der Waals surface area contributed by atoms with Crippen LogP contribution in [0.2, 0.25) is 0 Å². The Hall–Kier alpha value is -1.19. The third kappa shape index (κ3) is 0.460. The van der Waals surface area contributed by atoms with Crippen molar-refractivity contribution in [2.75, 3.05) is 6.54 Å². The molecule has 1 saturated carbocycles. The smallest absolute Gasteiger partial charge is 0.274 e. The molecule has 0 bridgehead atoms. The molecule has 4 heteroatoms. The Bertz CT molecular complexity index is 301. The molecule has 0 atom stereocenters. The highest BCUT2D eigenvalue weighted by Crippen LogP contribution is 2.46. The lowest BCUT2D eigenvalue weighted by Crippen LogP contribution is -2.37. The van der Waals surface area contributed by atoms with E-state index in [4.69, 9.17) is 0 Å². The van der Waals surface area contributed by atoms with Crippen molar-refractivity contribution in [3.8, 4) is 0 Å². The summed E-state index contributed by atoms with van der Waals surface area (Å²) in [7, 11) is 0. The van der Waals surface area contributed by atoms with Gasteiger partial charge in [0, 0.05) is 6.21 Å². The van der Waals surface area contributed by atoms with E-state index >= 15 is 0 Å². The predicted octanol–water partition coefficient (Wildman–Crippen LogP) is -0.198. The normalized spacial score (nSPS) is 29.6. The predicted molar refractivity (Wildman–Crippen MR) is 39.6 cm³/mol. The first-order valence-electron chi connectivity index (χ1n) is 3.76. The van der Waals surface area contributed by atoms with Gasteiger partial charge >= 0.3 is 0 Å². The zero-order valence-electron chi connectivity index (χ0n) is 5.95. The molecule has 0 radical (unpaired) electrons. The minimum absolute atomic E-state index is 0.0179. The van der Waals surface area contributed by atoms with Crippen LogP contribution in [0.25, 0.3) is 0 Å². The molecule has 3 aliphatic rings. The van der Waals surface area contributed by atoms with Gasteiger partial charge in [0.1, 0.15) is 5.54 Å². The molecule has 0 aromatic rings. The maximum atomic E-state index is 11.3. The standard InChI is InChI=1S/C7H7N3O/c11-5-7(1-2-7)10-4-3-8-6(10)9-5/h3H,1-2,4H2. The number of guanidine groups is 1. The van der Waals surface area contributed by atoms with E-state index < -0.39 is 0 Å². The average molecular weight is 149 g/mol. The fourth-order valence-electron chi connectivity index (χ4n) is 1.72. The molecule has 0 N–H and O–H groups in total. The van der Waals surface area contributed by atoms with Crippen LogP contribution in [0.3, 0.4) is 0 Å². The van der Waals surface area contributed by atoms with Crippen molar-refractivity contribution in [3.63, 3.8) is 0 Å². The monoisotopic (exact) mass is 149 g/mol. The Morgan fingerprint density at radius 2 is 2.36 bits per heavy atom. The van der Waals surface area contributed by atoms with Crippen molar-refractivity contribution < 1.29 is 4.79 Å². The summed E-state index contributed by atoms with van der Waals surface area (Å²) in [6, 6.07) is 0. The Morgan fingerprint density at radius 3 is 3.09 bits per heavy atom. The number of fused-ring (bicyclic) bond motifs is 2. The third-order valence-corrected chi connectivity index (χ3v) is 2.55. The zero-order chi connectivity index (χ0) is 7.47. The summed E-state index contributed by atoms with van der Waals surface area (Å²) >= 11 is 0. The fourth-order valence-corrected chi connectivity index (χ4v) is 1.72. The molecule has 56 valence electrons. The molecule has 3 rings (SSSR count). The Labute approximate surface area is 63.6 Å². The number of aliphatic imine (C=N–C) groups is 2. The van der Waals surface area contributed by atoms with Gasteiger partial charge in [-0.3, -0.25) is 4.79 Å². The summed E-state index contributed by atoms with van der Waals surface area (Å²) in [4.78, 5) is 21.2. The van der Waals surface area contributed by atoms with E-state index in [1.165, 1.54) is 0 Å². The Balaban J connectivity index is 2.11. The summed E-state index contributed by atoms with van der Waals surface area (Å²) in [5.41, 5.74) is -0.230. The highest BCUT2D eigenvalue weighted by atomic mass is 16.2. The van der Waals surface area contributed by atoms with Crippen molar-refractivity contribution >= 4 is 18.1 Å². The van der Waals surface area contributed by atoms with Crippen LogP contribution in [0.4, 0.5) is 0 Å². The second kappa shape index (κ2) is 1.37. The van der Waals surface area contributed by atoms with Gasteiger partial charge in [0.2, 0.25) is 5.96 Å². The number of amides is 1. The fraction of sp³-hybridized carbons (Fsp3) is 0.571. The van der Waals surface area contributed by atoms with Gasteiger partial charge in [-0.25, -0.2) is 4.99 Å². The van der Waals surface area contributed by atoms with Gasteiger partial charge in [-0.1, -0.05) is 0 Å². The molecular weight excluding hydrogens is 142 g/mol. The van der Waals surface area contributed by atoms with Crippen LogP contribution in [-0.4, -0.2) is 35.1 Å². The largest absolute Gasteiger partial charge is 0.321 e. The van der Waals surface area contributed by atoms with E-state index in [1.807, 2.05) is 11.1 Å². The van der Waals surface area contributed by atoms with Crippen molar-refractivity contribution in [1.82, 2.24) is 4.90 Å². The molecule has 1 amide bonds. The molecule has 11 heavy (non-hydrogen) atoms. The molecule has 2 aliphatic heterocycles. The second-order valence-corrected chi connectivity index (χ2v) is 3.17. The van der Waals surface area contributed by atoms with Gasteiger partial charge in [-0.05, 0) is 12.8 Å². The first kappa shape index (κ1) is 5.46. The highest BCUT2D eigenvalue weighted by Gasteiger charge is 2.60. The van der Waals surface area contributed by atoms with Gasteiger partial charge in [-0.15, -0.1) is 0 Å². The molecule has 2 heterocycles. The topological polar surface area (TPSA) is 45.0 Å². The number of nitrogens with zero attached hydrogens (tertiary/aromatic N) is 3. The van der Waals surface area contributed by atoms with Crippen LogP contribution >= 0.6 is 0 Å². The van der Waals surface area contributed by atoms with Gasteiger partial charge in [-0.2, -0.15) is 4.99 Å². The molecule has 0 aromatic carbocycles. The van der Waals surface area contributed by atoms with Crippen LogP contribution in [0.5, 0.6) is 0 Å². The van der Waals surface area contributed by atoms with Crippen molar-refractivity contribution in [3.05, 3.63) is 0 Å². The molecule has 1 fully saturated rings. The molecule has 0 unspecified atom stereocenters. The lowest BCUT2D eigenvalue weighted by atomic mass is 10.2. The Kier molecular flexibility index (Phi) is 0.680. The number of carbonyl (C=O) groups excluding carboxylic acids is 1. The van der Waals surface area contributed by atoms with Crippen LogP contribution in [0.15, 0.2) is 9.98 Å². The SMILES string of the molecule is O=C1N=C2N=CCN2C12CC2. The average Bonchev–Trinajstić information content (AvgIpc) is 2.61. The van der Waals surface area contributed by atoms with E-state index in [0.717, 1.165) is 19.4 Å². The van der Waals surface area contributed by atoms with E-state index in [1.54, 1.807) is 0 Å². The van der Waals surface area contributed by atoms with Crippen LogP contribution in [0, 0.1) is 0 Å². The highest BCUT2D eigenvalue weighted by molar-refractivity contribution is 6.12. The molecule has 1 spiro atoms. The lowest BCUT2D eigenvalue weighted by molar-refractivity contribution is -0.121. The van der Waals surface area contributed by atoms with E-state index in [0.29, 0.717) is 5.96 Å². The zero-order valence-corrected chi connectivity index (χ0v) is 5.95. The van der Waals surface area contributed by atoms with Crippen LogP contribution < -0.4 is 0 Å². The van der Waals surface area contributed by atoms with E-state index in [2.05, 4.69) is 9.98 Å². The van der Waals surface area contributed by atoms with Gasteiger partial charge in [0.25, 0.3) is 5.91 Å². The molecule has 4 nitrogen and oxygen atoms in total. The first-order valence-corrected chi connectivity index (χ1v) is 3.76. The second-order valence-electron chi connectivity index (χ2n) is 3.17. The quantitative estimate of drug-likeness (QED) is 0.479. The number of hydrogen-bond acceptors (Lipinski definition) is 3. The molecule has 0 saturated heterocycles. The molecular formula is C7H7N3O. The van der Waals surface area contributed by atoms with E-state index in [9.17, 15) is 4.79 Å². The maximum Gasteiger partial charge on any atom is 0.274 e. The van der Waals surface area contributed by atoms with Crippen molar-refractivity contribution in [1.29, 1.82) is 0 Å². The number of carbonyl (C=O) groups is 1. The summed E-state index contributed by atoms with van der Waals surface area (Å²) in [6.07, 6.45) is 3.73.